The third-order valence-electron chi connectivity index (χ3n) is 4.35. The molecule has 1 amide bonds. The Balaban J connectivity index is 1.64. The third-order valence-corrected chi connectivity index (χ3v) is 4.35. The molecule has 1 heterocycles. The maximum absolute atomic E-state index is 12.5. The molecule has 3 aromatic rings. The van der Waals surface area contributed by atoms with Crippen LogP contribution in [0.5, 0.6) is 5.75 Å². The lowest BCUT2D eigenvalue weighted by Crippen LogP contribution is -2.26. The molecular weight excluding hydrogens is 352 g/mol. The fourth-order valence-corrected chi connectivity index (χ4v) is 2.87. The van der Waals surface area contributed by atoms with Gasteiger partial charge in [-0.2, -0.15) is 0 Å². The number of nitrogens with one attached hydrogen (secondary N) is 2. The molecule has 6 heteroatoms. The van der Waals surface area contributed by atoms with Crippen LogP contribution >= 0.6 is 0 Å². The molecule has 0 saturated carbocycles. The van der Waals surface area contributed by atoms with E-state index in [0.29, 0.717) is 11.5 Å². The summed E-state index contributed by atoms with van der Waals surface area (Å²) in [5, 5.41) is 6.17. The van der Waals surface area contributed by atoms with Gasteiger partial charge in [0.05, 0.1) is 13.2 Å². The minimum atomic E-state index is -0.127. The number of amides is 1. The maximum Gasteiger partial charge on any atom is 0.251 e. The van der Waals surface area contributed by atoms with Crippen LogP contribution in [0.25, 0.3) is 0 Å². The molecule has 0 unspecified atom stereocenters. The highest BCUT2D eigenvalue weighted by Gasteiger charge is 2.12. The standard InChI is InChI=1S/C22H24N4O2/c1-14-13-15(2)24-22(23-14)26-19-9-5-18(6-10-19)21(27)25-16(3)17-7-11-20(28-4)12-8-17/h5-13,16H,1-4H3,(H,25,27)(H,23,24,26)/t16-/m1/s1. The zero-order chi connectivity index (χ0) is 20.1. The highest BCUT2D eigenvalue weighted by atomic mass is 16.5. The summed E-state index contributed by atoms with van der Waals surface area (Å²) >= 11 is 0. The van der Waals surface area contributed by atoms with Crippen molar-refractivity contribution >= 4 is 17.5 Å². The molecule has 144 valence electrons. The predicted molar refractivity (Wildman–Crippen MR) is 110 cm³/mol. The molecule has 0 aliphatic carbocycles. The summed E-state index contributed by atoms with van der Waals surface area (Å²) in [6.07, 6.45) is 0. The number of carbonyl (C=O) groups excluding carboxylic acids is 1. The van der Waals surface area contributed by atoms with Crippen molar-refractivity contribution in [2.45, 2.75) is 26.8 Å². The highest BCUT2D eigenvalue weighted by molar-refractivity contribution is 5.94. The van der Waals surface area contributed by atoms with E-state index in [1.54, 1.807) is 19.2 Å². The molecule has 0 aliphatic rings. The van der Waals surface area contributed by atoms with E-state index in [9.17, 15) is 4.79 Å². The van der Waals surface area contributed by atoms with Crippen LogP contribution in [0.3, 0.4) is 0 Å². The Labute approximate surface area is 165 Å². The van der Waals surface area contributed by atoms with Gasteiger partial charge in [0.1, 0.15) is 5.75 Å². The second-order valence-corrected chi connectivity index (χ2v) is 6.64. The van der Waals surface area contributed by atoms with Gasteiger partial charge in [-0.15, -0.1) is 0 Å². The molecule has 28 heavy (non-hydrogen) atoms. The van der Waals surface area contributed by atoms with Crippen molar-refractivity contribution in [3.05, 3.63) is 77.1 Å². The van der Waals surface area contributed by atoms with Crippen molar-refractivity contribution in [3.63, 3.8) is 0 Å². The van der Waals surface area contributed by atoms with Crippen molar-refractivity contribution in [3.8, 4) is 5.75 Å². The van der Waals surface area contributed by atoms with E-state index < -0.39 is 0 Å². The molecule has 0 fully saturated rings. The second-order valence-electron chi connectivity index (χ2n) is 6.64. The number of hydrogen-bond donors (Lipinski definition) is 2. The number of hydrogen-bond acceptors (Lipinski definition) is 5. The molecule has 0 aliphatic heterocycles. The fraction of sp³-hybridized carbons (Fsp3) is 0.227. The first-order valence-electron chi connectivity index (χ1n) is 9.09. The number of aromatic nitrogens is 2. The minimum Gasteiger partial charge on any atom is -0.497 e. The van der Waals surface area contributed by atoms with Crippen LogP contribution in [0.4, 0.5) is 11.6 Å². The summed E-state index contributed by atoms with van der Waals surface area (Å²) in [6, 6.07) is 16.7. The quantitative estimate of drug-likeness (QED) is 0.669. The Kier molecular flexibility index (Phi) is 5.89. The van der Waals surface area contributed by atoms with Gasteiger partial charge < -0.3 is 15.4 Å². The van der Waals surface area contributed by atoms with Gasteiger partial charge in [0.2, 0.25) is 5.95 Å². The third kappa shape index (κ3) is 4.85. The zero-order valence-corrected chi connectivity index (χ0v) is 16.5. The first-order valence-corrected chi connectivity index (χ1v) is 9.09. The number of aryl methyl sites for hydroxylation is 2. The Hall–Kier alpha value is -3.41. The van der Waals surface area contributed by atoms with Crippen molar-refractivity contribution in [2.75, 3.05) is 12.4 Å². The van der Waals surface area contributed by atoms with Crippen LogP contribution in [0.1, 0.15) is 40.3 Å². The molecule has 0 spiro atoms. The molecule has 0 radical (unpaired) electrons. The predicted octanol–water partition coefficient (Wildman–Crippen LogP) is 4.34. The van der Waals surface area contributed by atoms with Gasteiger partial charge in [-0.1, -0.05) is 12.1 Å². The highest BCUT2D eigenvalue weighted by Crippen LogP contribution is 2.19. The summed E-state index contributed by atoms with van der Waals surface area (Å²) in [4.78, 5) is 21.3. The number of methoxy groups -OCH3 is 1. The van der Waals surface area contributed by atoms with Crippen molar-refractivity contribution in [2.24, 2.45) is 0 Å². The largest absolute Gasteiger partial charge is 0.497 e. The molecule has 1 atom stereocenters. The monoisotopic (exact) mass is 376 g/mol. The molecule has 1 aromatic heterocycles. The topological polar surface area (TPSA) is 76.1 Å². The van der Waals surface area contributed by atoms with Crippen molar-refractivity contribution in [1.82, 2.24) is 15.3 Å². The molecule has 2 aromatic carbocycles. The van der Waals surface area contributed by atoms with Crippen LogP contribution in [0.2, 0.25) is 0 Å². The number of benzene rings is 2. The van der Waals surface area contributed by atoms with Crippen molar-refractivity contribution < 1.29 is 9.53 Å². The van der Waals surface area contributed by atoms with Gasteiger partial charge in [0.25, 0.3) is 5.91 Å². The summed E-state index contributed by atoms with van der Waals surface area (Å²) in [5.74, 6) is 1.21. The van der Waals surface area contributed by atoms with E-state index in [2.05, 4.69) is 20.6 Å². The van der Waals surface area contributed by atoms with Crippen LogP contribution in [0.15, 0.2) is 54.6 Å². The van der Waals surface area contributed by atoms with Crippen LogP contribution in [0, 0.1) is 13.8 Å². The average Bonchev–Trinajstić information content (AvgIpc) is 2.67. The van der Waals surface area contributed by atoms with E-state index in [0.717, 1.165) is 28.4 Å². The van der Waals surface area contributed by atoms with E-state index in [1.165, 1.54) is 0 Å². The maximum atomic E-state index is 12.5. The number of anilines is 2. The number of rotatable bonds is 6. The summed E-state index contributed by atoms with van der Waals surface area (Å²) in [7, 11) is 1.63. The molecule has 3 rings (SSSR count). The first-order chi connectivity index (χ1) is 13.4. The second kappa shape index (κ2) is 8.52. The summed E-state index contributed by atoms with van der Waals surface area (Å²) < 4.78 is 5.16. The lowest BCUT2D eigenvalue weighted by Gasteiger charge is -2.15. The minimum absolute atomic E-state index is 0.111. The Morgan fingerprint density at radius 2 is 1.57 bits per heavy atom. The smallest absolute Gasteiger partial charge is 0.251 e. The molecule has 0 bridgehead atoms. The average molecular weight is 376 g/mol. The Bertz CT molecular complexity index is 933. The molecule has 0 saturated heterocycles. The van der Waals surface area contributed by atoms with Crippen LogP contribution in [-0.4, -0.2) is 23.0 Å². The fourth-order valence-electron chi connectivity index (χ4n) is 2.87. The van der Waals surface area contributed by atoms with Gasteiger partial charge in [0.15, 0.2) is 0 Å². The lowest BCUT2D eigenvalue weighted by atomic mass is 10.1. The number of ether oxygens (including phenoxy) is 1. The van der Waals surface area contributed by atoms with Crippen molar-refractivity contribution in [1.29, 1.82) is 0 Å². The van der Waals surface area contributed by atoms with Gasteiger partial charge >= 0.3 is 0 Å². The van der Waals surface area contributed by atoms with E-state index in [-0.39, 0.29) is 11.9 Å². The molecular formula is C22H24N4O2. The van der Waals surface area contributed by atoms with Crippen LogP contribution in [-0.2, 0) is 0 Å². The number of nitrogens with zero attached hydrogens (tertiary/aromatic N) is 2. The van der Waals surface area contributed by atoms with Gasteiger partial charge in [-0.05, 0) is 68.8 Å². The number of carbonyl (C=O) groups is 1. The summed E-state index contributed by atoms with van der Waals surface area (Å²) in [6.45, 7) is 5.81. The van der Waals surface area contributed by atoms with Gasteiger partial charge in [-0.25, -0.2) is 9.97 Å². The van der Waals surface area contributed by atoms with Gasteiger partial charge in [0, 0.05) is 22.6 Å². The van der Waals surface area contributed by atoms with Gasteiger partial charge in [-0.3, -0.25) is 4.79 Å². The first kappa shape index (κ1) is 19.4. The Morgan fingerprint density at radius 3 is 2.14 bits per heavy atom. The normalized spacial score (nSPS) is 11.6. The van der Waals surface area contributed by atoms with E-state index in [4.69, 9.17) is 4.74 Å². The lowest BCUT2D eigenvalue weighted by molar-refractivity contribution is 0.0940. The van der Waals surface area contributed by atoms with Crippen LogP contribution < -0.4 is 15.4 Å². The van der Waals surface area contributed by atoms with E-state index in [1.807, 2.05) is 63.2 Å². The molecule has 2 N–H and O–H groups in total. The molecule has 6 nitrogen and oxygen atoms in total. The zero-order valence-electron chi connectivity index (χ0n) is 16.5. The summed E-state index contributed by atoms with van der Waals surface area (Å²) in [5.41, 5.74) is 4.23. The Morgan fingerprint density at radius 1 is 0.964 bits per heavy atom. The van der Waals surface area contributed by atoms with E-state index >= 15 is 0 Å². The SMILES string of the molecule is COc1ccc([C@@H](C)NC(=O)c2ccc(Nc3nc(C)cc(C)n3)cc2)cc1.